The van der Waals surface area contributed by atoms with Gasteiger partial charge in [-0.2, -0.15) is 0 Å². The molecule has 20 heavy (non-hydrogen) atoms. The molecule has 3 aromatic rings. The molecule has 0 aliphatic carbocycles. The number of rotatable bonds is 4. The maximum atomic E-state index is 12.8. The third-order valence-corrected chi connectivity index (χ3v) is 3.66. The van der Waals surface area contributed by atoms with Crippen molar-refractivity contribution in [3.05, 3.63) is 59.1 Å². The Morgan fingerprint density at radius 3 is 2.90 bits per heavy atom. The molecular formula is C14H12FN3OS. The van der Waals surface area contributed by atoms with Crippen LogP contribution in [0.25, 0.3) is 4.96 Å². The molecule has 1 N–H and O–H groups in total. The van der Waals surface area contributed by atoms with E-state index < -0.39 is 0 Å². The third kappa shape index (κ3) is 2.85. The minimum absolute atomic E-state index is 0.104. The first-order chi connectivity index (χ1) is 9.70. The predicted molar refractivity (Wildman–Crippen MR) is 75.0 cm³/mol. The summed E-state index contributed by atoms with van der Waals surface area (Å²) in [6.45, 7) is 0.397. The van der Waals surface area contributed by atoms with Crippen molar-refractivity contribution >= 4 is 22.2 Å². The minimum atomic E-state index is -0.299. The molecule has 0 radical (unpaired) electrons. The molecular weight excluding hydrogens is 277 g/mol. The van der Waals surface area contributed by atoms with E-state index in [1.54, 1.807) is 23.5 Å². The van der Waals surface area contributed by atoms with Crippen molar-refractivity contribution < 1.29 is 9.18 Å². The van der Waals surface area contributed by atoms with Crippen molar-refractivity contribution in [3.8, 4) is 0 Å². The highest BCUT2D eigenvalue weighted by Crippen LogP contribution is 2.11. The van der Waals surface area contributed by atoms with Crippen molar-refractivity contribution in [2.24, 2.45) is 0 Å². The van der Waals surface area contributed by atoms with Gasteiger partial charge in [0.15, 0.2) is 4.96 Å². The number of halogens is 1. The van der Waals surface area contributed by atoms with Crippen LogP contribution in [0.15, 0.2) is 42.0 Å². The quantitative estimate of drug-likeness (QED) is 0.801. The monoisotopic (exact) mass is 289 g/mol. The van der Waals surface area contributed by atoms with E-state index in [2.05, 4.69) is 10.3 Å². The average molecular weight is 289 g/mol. The largest absolute Gasteiger partial charge is 0.350 e. The van der Waals surface area contributed by atoms with Crippen molar-refractivity contribution in [2.75, 3.05) is 0 Å². The van der Waals surface area contributed by atoms with Crippen molar-refractivity contribution in [2.45, 2.75) is 13.0 Å². The molecule has 2 aromatic heterocycles. The zero-order valence-corrected chi connectivity index (χ0v) is 11.4. The zero-order chi connectivity index (χ0) is 13.9. The Kier molecular flexibility index (Phi) is 3.47. The number of fused-ring (bicyclic) bond motifs is 1. The topological polar surface area (TPSA) is 46.4 Å². The van der Waals surface area contributed by atoms with Crippen LogP contribution in [0.4, 0.5) is 4.39 Å². The fraction of sp³-hybridized carbons (Fsp3) is 0.143. The molecule has 0 bridgehead atoms. The molecule has 0 atom stereocenters. The maximum Gasteiger partial charge on any atom is 0.224 e. The molecule has 0 unspecified atom stereocenters. The van der Waals surface area contributed by atoms with Crippen LogP contribution < -0.4 is 5.32 Å². The van der Waals surface area contributed by atoms with Crippen LogP contribution in [0.2, 0.25) is 0 Å². The molecule has 1 aromatic carbocycles. The fourth-order valence-corrected chi connectivity index (χ4v) is 2.62. The lowest BCUT2D eigenvalue weighted by Crippen LogP contribution is -2.24. The molecule has 0 spiro atoms. The molecule has 1 amide bonds. The molecule has 2 heterocycles. The van der Waals surface area contributed by atoms with Gasteiger partial charge >= 0.3 is 0 Å². The number of aromatic nitrogens is 2. The summed E-state index contributed by atoms with van der Waals surface area (Å²) >= 11 is 1.55. The zero-order valence-electron chi connectivity index (χ0n) is 10.5. The summed E-state index contributed by atoms with van der Waals surface area (Å²) in [6.07, 6.45) is 4.06. The van der Waals surface area contributed by atoms with E-state index in [1.165, 1.54) is 12.1 Å². The highest BCUT2D eigenvalue weighted by atomic mass is 32.1. The summed E-state index contributed by atoms with van der Waals surface area (Å²) < 4.78 is 14.7. The summed E-state index contributed by atoms with van der Waals surface area (Å²) in [5.41, 5.74) is 1.61. The van der Waals surface area contributed by atoms with E-state index in [0.29, 0.717) is 6.54 Å². The lowest BCUT2D eigenvalue weighted by Gasteiger charge is -2.03. The first-order valence-corrected chi connectivity index (χ1v) is 7.01. The number of carbonyl (C=O) groups excluding carboxylic acids is 1. The summed E-state index contributed by atoms with van der Waals surface area (Å²) in [5.74, 6) is -0.403. The fourth-order valence-electron chi connectivity index (χ4n) is 1.90. The number of hydrogen-bond donors (Lipinski definition) is 1. The molecule has 102 valence electrons. The van der Waals surface area contributed by atoms with Crippen molar-refractivity contribution in [1.82, 2.24) is 14.7 Å². The second kappa shape index (κ2) is 5.42. The van der Waals surface area contributed by atoms with E-state index in [4.69, 9.17) is 0 Å². The van der Waals surface area contributed by atoms with E-state index in [-0.39, 0.29) is 18.1 Å². The lowest BCUT2D eigenvalue weighted by molar-refractivity contribution is -0.120. The molecule has 0 aliphatic rings. The van der Waals surface area contributed by atoms with Crippen molar-refractivity contribution in [3.63, 3.8) is 0 Å². The van der Waals surface area contributed by atoms with Gasteiger partial charge in [0, 0.05) is 17.8 Å². The number of benzene rings is 1. The highest BCUT2D eigenvalue weighted by molar-refractivity contribution is 7.15. The number of imidazole rings is 1. The van der Waals surface area contributed by atoms with Gasteiger partial charge in [0.05, 0.1) is 18.7 Å². The second-order valence-corrected chi connectivity index (χ2v) is 5.28. The number of nitrogens with one attached hydrogen (secondary N) is 1. The number of amides is 1. The van der Waals surface area contributed by atoms with Gasteiger partial charge < -0.3 is 5.32 Å². The Hall–Kier alpha value is -2.21. The first kappa shape index (κ1) is 12.8. The van der Waals surface area contributed by atoms with Gasteiger partial charge in [-0.25, -0.2) is 9.37 Å². The molecule has 4 nitrogen and oxygen atoms in total. The summed E-state index contributed by atoms with van der Waals surface area (Å²) in [4.78, 5) is 17.1. The number of carbonyl (C=O) groups is 1. The molecule has 6 heteroatoms. The van der Waals surface area contributed by atoms with Crippen LogP contribution in [0.1, 0.15) is 11.3 Å². The standard InChI is InChI=1S/C14H12FN3OS/c15-11-3-1-10(2-4-11)7-13(19)16-8-12-9-18-5-6-20-14(18)17-12/h1-6,9H,7-8H2,(H,16,19). The maximum absolute atomic E-state index is 12.8. The summed E-state index contributed by atoms with van der Waals surface area (Å²) in [7, 11) is 0. The van der Waals surface area contributed by atoms with Crippen LogP contribution in [0.3, 0.4) is 0 Å². The van der Waals surface area contributed by atoms with Gasteiger partial charge in [-0.05, 0) is 17.7 Å². The first-order valence-electron chi connectivity index (χ1n) is 6.13. The molecule has 0 saturated heterocycles. The normalized spacial score (nSPS) is 10.8. The van der Waals surface area contributed by atoms with Gasteiger partial charge in [-0.15, -0.1) is 11.3 Å². The van der Waals surface area contributed by atoms with Gasteiger partial charge in [-0.3, -0.25) is 9.20 Å². The summed E-state index contributed by atoms with van der Waals surface area (Å²) in [6, 6.07) is 5.93. The van der Waals surface area contributed by atoms with Crippen LogP contribution >= 0.6 is 11.3 Å². The second-order valence-electron chi connectivity index (χ2n) is 4.41. The van der Waals surface area contributed by atoms with Crippen LogP contribution in [-0.4, -0.2) is 15.3 Å². The third-order valence-electron chi connectivity index (χ3n) is 2.89. The Labute approximate surface area is 118 Å². The summed E-state index contributed by atoms with van der Waals surface area (Å²) in [5, 5.41) is 4.77. The Morgan fingerprint density at radius 2 is 2.15 bits per heavy atom. The predicted octanol–water partition coefficient (Wildman–Crippen LogP) is 2.39. The minimum Gasteiger partial charge on any atom is -0.350 e. The number of thiazole rings is 1. The smallest absolute Gasteiger partial charge is 0.224 e. The lowest BCUT2D eigenvalue weighted by atomic mass is 10.1. The molecule has 0 saturated carbocycles. The Balaban J connectivity index is 1.56. The van der Waals surface area contributed by atoms with Gasteiger partial charge in [0.1, 0.15) is 5.82 Å². The molecule has 0 fully saturated rings. The van der Waals surface area contributed by atoms with Gasteiger partial charge in [-0.1, -0.05) is 12.1 Å². The highest BCUT2D eigenvalue weighted by Gasteiger charge is 2.06. The number of nitrogens with zero attached hydrogens (tertiary/aromatic N) is 2. The van der Waals surface area contributed by atoms with E-state index in [0.717, 1.165) is 16.2 Å². The molecule has 3 rings (SSSR count). The SMILES string of the molecule is O=C(Cc1ccc(F)cc1)NCc1cn2ccsc2n1. The molecule has 0 aliphatic heterocycles. The Bertz CT molecular complexity index is 704. The van der Waals surface area contributed by atoms with Crippen LogP contribution in [-0.2, 0) is 17.8 Å². The van der Waals surface area contributed by atoms with Gasteiger partial charge in [0.2, 0.25) is 5.91 Å². The number of hydrogen-bond acceptors (Lipinski definition) is 3. The Morgan fingerprint density at radius 1 is 1.35 bits per heavy atom. The van der Waals surface area contributed by atoms with Gasteiger partial charge in [0.25, 0.3) is 0 Å². The van der Waals surface area contributed by atoms with E-state index >= 15 is 0 Å². The van der Waals surface area contributed by atoms with Crippen molar-refractivity contribution in [1.29, 1.82) is 0 Å². The van der Waals surface area contributed by atoms with Crippen LogP contribution in [0, 0.1) is 5.82 Å². The average Bonchev–Trinajstić information content (AvgIpc) is 3.00. The van der Waals surface area contributed by atoms with E-state index in [1.807, 2.05) is 22.2 Å². The van der Waals surface area contributed by atoms with Crippen LogP contribution in [0.5, 0.6) is 0 Å². The van der Waals surface area contributed by atoms with E-state index in [9.17, 15) is 9.18 Å².